The van der Waals surface area contributed by atoms with Gasteiger partial charge in [-0.2, -0.15) is 0 Å². The van der Waals surface area contributed by atoms with E-state index in [0.29, 0.717) is 37.6 Å². The highest BCUT2D eigenvalue weighted by Gasteiger charge is 2.24. The molecule has 1 aliphatic heterocycles. The van der Waals surface area contributed by atoms with Crippen molar-refractivity contribution >= 4 is 28.6 Å². The van der Waals surface area contributed by atoms with Crippen LogP contribution in [0.5, 0.6) is 5.75 Å². The fourth-order valence-electron chi connectivity index (χ4n) is 3.88. The lowest BCUT2D eigenvalue weighted by Crippen LogP contribution is -2.49. The Bertz CT molecular complexity index is 1160. The van der Waals surface area contributed by atoms with E-state index in [-0.39, 0.29) is 30.5 Å². The first-order valence-electron chi connectivity index (χ1n) is 11.6. The third-order valence-electron chi connectivity index (χ3n) is 5.68. The number of nitrogens with zero attached hydrogens (tertiary/aromatic N) is 4. The highest BCUT2D eigenvalue weighted by molar-refractivity contribution is 5.92. The molecule has 0 radical (unpaired) electrons. The molecule has 4 rings (SSSR count). The fourth-order valence-corrected chi connectivity index (χ4v) is 3.88. The third-order valence-corrected chi connectivity index (χ3v) is 5.68. The Kier molecular flexibility index (Phi) is 8.40. The maximum atomic E-state index is 12.4. The molecule has 0 spiro atoms. The van der Waals surface area contributed by atoms with Crippen LogP contribution in [-0.2, 0) is 14.3 Å². The van der Waals surface area contributed by atoms with Crippen LogP contribution in [0, 0.1) is 6.92 Å². The van der Waals surface area contributed by atoms with Crippen LogP contribution in [0.25, 0.3) is 22.3 Å². The second-order valence-corrected chi connectivity index (χ2v) is 7.85. The van der Waals surface area contributed by atoms with Gasteiger partial charge in [0.05, 0.1) is 24.6 Å². The first-order chi connectivity index (χ1) is 16.5. The van der Waals surface area contributed by atoms with Crippen molar-refractivity contribution in [2.24, 2.45) is 0 Å². The highest BCUT2D eigenvalue weighted by Crippen LogP contribution is 2.32. The van der Waals surface area contributed by atoms with Gasteiger partial charge >= 0.3 is 5.97 Å². The number of para-hydroxylation sites is 1. The number of rotatable bonds is 5. The number of phenolic OH excluding ortho intramolecular Hbond substituents is 1. The minimum Gasteiger partial charge on any atom is -0.507 e. The van der Waals surface area contributed by atoms with Crippen LogP contribution in [0.15, 0.2) is 42.5 Å². The number of carbonyl (C=O) groups is 2. The van der Waals surface area contributed by atoms with Crippen molar-refractivity contribution in [3.05, 3.63) is 48.0 Å². The molecule has 1 fully saturated rings. The Morgan fingerprint density at radius 1 is 1.00 bits per heavy atom. The van der Waals surface area contributed by atoms with E-state index in [1.165, 1.54) is 7.11 Å². The number of amides is 1. The number of aromatic nitrogens is 2. The number of esters is 1. The number of fused-ring (bicyclic) bond motifs is 1. The molecule has 3 aromatic rings. The summed E-state index contributed by atoms with van der Waals surface area (Å²) in [7, 11) is 1.32. The number of aryl methyl sites for hydroxylation is 1. The molecule has 1 saturated heterocycles. The normalized spacial score (nSPS) is 13.3. The summed E-state index contributed by atoms with van der Waals surface area (Å²) in [5.41, 5.74) is 2.48. The monoisotopic (exact) mass is 464 g/mol. The lowest BCUT2D eigenvalue weighted by Gasteiger charge is -2.36. The molecule has 0 atom stereocenters. The lowest BCUT2D eigenvalue weighted by molar-refractivity contribution is -0.143. The zero-order valence-corrected chi connectivity index (χ0v) is 20.2. The molecule has 34 heavy (non-hydrogen) atoms. The molecule has 8 heteroatoms. The van der Waals surface area contributed by atoms with E-state index in [0.717, 1.165) is 22.3 Å². The van der Waals surface area contributed by atoms with Gasteiger partial charge in [0.1, 0.15) is 11.6 Å². The number of methoxy groups -OCH3 is 1. The van der Waals surface area contributed by atoms with Crippen LogP contribution in [0.4, 0.5) is 5.82 Å². The quantitative estimate of drug-likeness (QED) is 0.572. The van der Waals surface area contributed by atoms with Crippen LogP contribution in [-0.4, -0.2) is 65.1 Å². The number of hydrogen-bond donors (Lipinski definition) is 1. The van der Waals surface area contributed by atoms with E-state index in [1.807, 2.05) is 45.0 Å². The molecule has 1 aliphatic rings. The zero-order valence-electron chi connectivity index (χ0n) is 20.2. The summed E-state index contributed by atoms with van der Waals surface area (Å²) in [4.78, 5) is 37.2. The number of ether oxygens (including phenoxy) is 1. The molecular formula is C26H32N4O4. The Balaban J connectivity index is 0.00000158. The van der Waals surface area contributed by atoms with Crippen molar-refractivity contribution < 1.29 is 19.4 Å². The van der Waals surface area contributed by atoms with Crippen molar-refractivity contribution in [2.45, 2.75) is 33.6 Å². The van der Waals surface area contributed by atoms with E-state index in [2.05, 4.69) is 9.64 Å². The van der Waals surface area contributed by atoms with E-state index >= 15 is 0 Å². The molecule has 8 nitrogen and oxygen atoms in total. The summed E-state index contributed by atoms with van der Waals surface area (Å²) in [6.07, 6.45) is 0.245. The summed E-state index contributed by atoms with van der Waals surface area (Å²) >= 11 is 0. The summed E-state index contributed by atoms with van der Waals surface area (Å²) in [6, 6.07) is 13.1. The SMILES string of the molecule is CC.COC(=O)CCC(=O)N1CCN(c2nc(-c3ccccc3O)nc3cc(C)ccc23)CC1. The molecule has 2 heterocycles. The summed E-state index contributed by atoms with van der Waals surface area (Å²) in [5.74, 6) is 0.957. The van der Waals surface area contributed by atoms with Crippen LogP contribution in [0.3, 0.4) is 0 Å². The fraction of sp³-hybridized carbons (Fsp3) is 0.385. The second kappa shape index (κ2) is 11.4. The van der Waals surface area contributed by atoms with Gasteiger partial charge in [0, 0.05) is 38.0 Å². The average molecular weight is 465 g/mol. The molecule has 0 saturated carbocycles. The van der Waals surface area contributed by atoms with Gasteiger partial charge in [-0.1, -0.05) is 32.0 Å². The van der Waals surface area contributed by atoms with Crippen molar-refractivity contribution in [2.75, 3.05) is 38.2 Å². The highest BCUT2D eigenvalue weighted by atomic mass is 16.5. The number of carbonyl (C=O) groups excluding carboxylic acids is 2. The number of phenols is 1. The first-order valence-corrected chi connectivity index (χ1v) is 11.6. The van der Waals surface area contributed by atoms with Crippen molar-refractivity contribution in [1.82, 2.24) is 14.9 Å². The molecule has 1 aromatic heterocycles. The zero-order chi connectivity index (χ0) is 24.7. The third kappa shape index (κ3) is 5.62. The molecular weight excluding hydrogens is 432 g/mol. The molecule has 0 bridgehead atoms. The number of piperazine rings is 1. The largest absolute Gasteiger partial charge is 0.507 e. The molecule has 1 amide bonds. The van der Waals surface area contributed by atoms with Crippen molar-refractivity contribution in [3.63, 3.8) is 0 Å². The lowest BCUT2D eigenvalue weighted by atomic mass is 10.1. The van der Waals surface area contributed by atoms with Crippen LogP contribution in [0.2, 0.25) is 0 Å². The number of anilines is 1. The number of hydrogen-bond acceptors (Lipinski definition) is 7. The van der Waals surface area contributed by atoms with Gasteiger partial charge in [-0.05, 0) is 36.8 Å². The Morgan fingerprint density at radius 2 is 1.71 bits per heavy atom. The van der Waals surface area contributed by atoms with Crippen LogP contribution < -0.4 is 4.90 Å². The molecule has 0 unspecified atom stereocenters. The van der Waals surface area contributed by atoms with Gasteiger partial charge in [-0.25, -0.2) is 9.97 Å². The summed E-state index contributed by atoms with van der Waals surface area (Å²) in [6.45, 7) is 8.33. The van der Waals surface area contributed by atoms with Crippen LogP contribution in [0.1, 0.15) is 32.3 Å². The smallest absolute Gasteiger partial charge is 0.306 e. The number of benzene rings is 2. The summed E-state index contributed by atoms with van der Waals surface area (Å²) in [5, 5.41) is 11.3. The van der Waals surface area contributed by atoms with E-state index in [1.54, 1.807) is 23.1 Å². The standard InChI is InChI=1S/C24H26N4O4.C2H6/c1-16-7-8-17-19(15-16)25-23(18-5-3-4-6-20(18)29)26-24(17)28-13-11-27(12-14-28)21(30)9-10-22(31)32-2;1-2/h3-8,15,29H,9-14H2,1-2H3;1-2H3. The summed E-state index contributed by atoms with van der Waals surface area (Å²) < 4.78 is 4.62. The Hall–Kier alpha value is -3.68. The predicted molar refractivity (Wildman–Crippen MR) is 133 cm³/mol. The molecule has 0 aliphatic carbocycles. The topological polar surface area (TPSA) is 95.9 Å². The van der Waals surface area contributed by atoms with E-state index in [4.69, 9.17) is 9.97 Å². The average Bonchev–Trinajstić information content (AvgIpc) is 2.87. The molecule has 2 aromatic carbocycles. The van der Waals surface area contributed by atoms with Crippen LogP contribution >= 0.6 is 0 Å². The van der Waals surface area contributed by atoms with Gasteiger partial charge in [0.25, 0.3) is 0 Å². The Labute approximate surface area is 200 Å². The maximum Gasteiger partial charge on any atom is 0.306 e. The first kappa shape index (κ1) is 25.0. The van der Waals surface area contributed by atoms with E-state index < -0.39 is 0 Å². The molecule has 180 valence electrons. The van der Waals surface area contributed by atoms with E-state index in [9.17, 15) is 14.7 Å². The van der Waals surface area contributed by atoms with Gasteiger partial charge in [0.15, 0.2) is 5.82 Å². The van der Waals surface area contributed by atoms with Gasteiger partial charge in [-0.3, -0.25) is 9.59 Å². The number of aromatic hydroxyl groups is 1. The minimum atomic E-state index is -0.378. The van der Waals surface area contributed by atoms with Crippen molar-refractivity contribution in [3.8, 4) is 17.1 Å². The van der Waals surface area contributed by atoms with Gasteiger partial charge in [0.2, 0.25) is 5.91 Å². The predicted octanol–water partition coefficient (Wildman–Crippen LogP) is 3.94. The maximum absolute atomic E-state index is 12.4. The minimum absolute atomic E-state index is 0.0480. The second-order valence-electron chi connectivity index (χ2n) is 7.85. The van der Waals surface area contributed by atoms with Gasteiger partial charge < -0.3 is 19.6 Å². The Morgan fingerprint density at radius 3 is 2.38 bits per heavy atom. The van der Waals surface area contributed by atoms with Crippen molar-refractivity contribution in [1.29, 1.82) is 0 Å². The van der Waals surface area contributed by atoms with Gasteiger partial charge in [-0.15, -0.1) is 0 Å². The molecule has 1 N–H and O–H groups in total.